The molecule has 0 unspecified atom stereocenters. The molecule has 2 heterocycles. The number of ether oxygens (including phenoxy) is 1. The molecule has 0 bridgehead atoms. The van der Waals surface area contributed by atoms with Crippen LogP contribution < -0.4 is 15.6 Å². The molecule has 8 heteroatoms. The molecule has 28 heavy (non-hydrogen) atoms. The molecule has 150 valence electrons. The van der Waals surface area contributed by atoms with Crippen LogP contribution in [0.2, 0.25) is 0 Å². The zero-order valence-corrected chi connectivity index (χ0v) is 17.0. The van der Waals surface area contributed by atoms with Gasteiger partial charge >= 0.3 is 0 Å². The molecule has 3 aromatic rings. The molecule has 0 saturated heterocycles. The van der Waals surface area contributed by atoms with Gasteiger partial charge in [0.2, 0.25) is 5.95 Å². The van der Waals surface area contributed by atoms with Gasteiger partial charge in [0.05, 0.1) is 7.11 Å². The van der Waals surface area contributed by atoms with E-state index in [4.69, 9.17) is 4.74 Å². The second kappa shape index (κ2) is 8.88. The van der Waals surface area contributed by atoms with Crippen molar-refractivity contribution in [1.82, 2.24) is 24.6 Å². The number of anilines is 1. The third-order valence-electron chi connectivity index (χ3n) is 4.99. The minimum Gasteiger partial charge on any atom is -0.497 e. The van der Waals surface area contributed by atoms with Gasteiger partial charge in [0, 0.05) is 36.3 Å². The highest BCUT2D eigenvalue weighted by molar-refractivity contribution is 5.95. The normalized spacial score (nSPS) is 11.3. The minimum atomic E-state index is -0.267. The number of hydrogen-bond acceptors (Lipinski definition) is 6. The number of hydrogen-bond donors (Lipinski definition) is 2. The Labute approximate surface area is 164 Å². The van der Waals surface area contributed by atoms with Gasteiger partial charge in [-0.3, -0.25) is 9.78 Å². The lowest BCUT2D eigenvalue weighted by Gasteiger charge is -2.17. The molecule has 1 aromatic carbocycles. The van der Waals surface area contributed by atoms with Crippen molar-refractivity contribution in [3.8, 4) is 17.0 Å². The van der Waals surface area contributed by atoms with Crippen LogP contribution in [0.3, 0.4) is 0 Å². The first-order valence-electron chi connectivity index (χ1n) is 9.64. The smallest absolute Gasteiger partial charge is 0.279 e. The molecular weight excluding hydrogens is 356 g/mol. The van der Waals surface area contributed by atoms with Crippen molar-refractivity contribution in [1.29, 1.82) is 0 Å². The summed E-state index contributed by atoms with van der Waals surface area (Å²) in [4.78, 5) is 17.8. The summed E-state index contributed by atoms with van der Waals surface area (Å²) in [7, 11) is 3.56. The Bertz CT molecular complexity index is 990. The van der Waals surface area contributed by atoms with E-state index in [0.29, 0.717) is 11.6 Å². The van der Waals surface area contributed by atoms with Crippen molar-refractivity contribution in [3.63, 3.8) is 0 Å². The summed E-state index contributed by atoms with van der Waals surface area (Å²) < 4.78 is 7.28. The van der Waals surface area contributed by atoms with Crippen molar-refractivity contribution in [2.45, 2.75) is 20.3 Å². The van der Waals surface area contributed by atoms with E-state index in [1.165, 1.54) is 0 Å². The average molecular weight is 384 g/mol. The predicted octanol–water partition coefficient (Wildman–Crippen LogP) is 2.48. The number of benzene rings is 1. The quantitative estimate of drug-likeness (QED) is 0.551. The standard InChI is InChI=1S/C20H28N6O2/c1-5-26(6-2)11-7-10-21-20-22-19(27)18(23-24-20)16-13-25(3)17-9-8-14(28-4)12-15(16)17/h8-9,12-13H,5-7,10-11H2,1-4H3,(H2,21,22,24,27). The lowest BCUT2D eigenvalue weighted by atomic mass is 10.1. The fourth-order valence-corrected chi connectivity index (χ4v) is 3.33. The third kappa shape index (κ3) is 4.17. The molecule has 0 fully saturated rings. The molecule has 2 aromatic heterocycles. The summed E-state index contributed by atoms with van der Waals surface area (Å²) >= 11 is 0. The van der Waals surface area contributed by atoms with Crippen molar-refractivity contribution in [3.05, 3.63) is 34.7 Å². The molecule has 0 atom stereocenters. The van der Waals surface area contributed by atoms with Crippen LogP contribution in [0, 0.1) is 0 Å². The van der Waals surface area contributed by atoms with E-state index in [1.54, 1.807) is 7.11 Å². The summed E-state index contributed by atoms with van der Waals surface area (Å²) in [6.07, 6.45) is 2.86. The topological polar surface area (TPSA) is 88.1 Å². The van der Waals surface area contributed by atoms with Crippen molar-refractivity contribution in [2.24, 2.45) is 7.05 Å². The van der Waals surface area contributed by atoms with Gasteiger partial charge in [-0.25, -0.2) is 0 Å². The molecule has 0 radical (unpaired) electrons. The van der Waals surface area contributed by atoms with E-state index in [0.717, 1.165) is 54.8 Å². The predicted molar refractivity (Wildman–Crippen MR) is 112 cm³/mol. The van der Waals surface area contributed by atoms with Crippen molar-refractivity contribution in [2.75, 3.05) is 38.6 Å². The van der Waals surface area contributed by atoms with Gasteiger partial charge in [-0.05, 0) is 44.3 Å². The fourth-order valence-electron chi connectivity index (χ4n) is 3.33. The molecule has 0 amide bonds. The largest absolute Gasteiger partial charge is 0.497 e. The Balaban J connectivity index is 1.78. The van der Waals surface area contributed by atoms with E-state index in [-0.39, 0.29) is 5.56 Å². The third-order valence-corrected chi connectivity index (χ3v) is 4.99. The number of aromatic amines is 1. The molecule has 0 saturated carbocycles. The molecule has 2 N–H and O–H groups in total. The number of nitrogens with zero attached hydrogens (tertiary/aromatic N) is 4. The van der Waals surface area contributed by atoms with Crippen LogP contribution in [0.4, 0.5) is 5.95 Å². The van der Waals surface area contributed by atoms with Gasteiger partial charge in [-0.15, -0.1) is 10.2 Å². The van der Waals surface area contributed by atoms with Crippen molar-refractivity contribution < 1.29 is 4.74 Å². The Morgan fingerprint density at radius 1 is 1.25 bits per heavy atom. The molecule has 0 spiro atoms. The molecule has 8 nitrogen and oxygen atoms in total. The zero-order chi connectivity index (χ0) is 20.1. The van der Waals surface area contributed by atoms with Gasteiger partial charge < -0.3 is 19.5 Å². The van der Waals surface area contributed by atoms with Gasteiger partial charge in [0.15, 0.2) is 5.69 Å². The number of aromatic nitrogens is 4. The van der Waals surface area contributed by atoms with Crippen LogP contribution in [-0.4, -0.2) is 57.9 Å². The van der Waals surface area contributed by atoms with Crippen LogP contribution in [-0.2, 0) is 7.05 Å². The minimum absolute atomic E-state index is 0.267. The summed E-state index contributed by atoms with van der Waals surface area (Å²) in [5.74, 6) is 1.13. The Hall–Kier alpha value is -2.87. The second-order valence-electron chi connectivity index (χ2n) is 6.70. The number of methoxy groups -OCH3 is 1. The maximum atomic E-state index is 12.6. The Morgan fingerprint density at radius 3 is 2.71 bits per heavy atom. The SMILES string of the molecule is CCN(CC)CCCNc1nnc(-c2cn(C)c3ccc(OC)cc23)c(=O)[nH]1. The first-order chi connectivity index (χ1) is 13.6. The van der Waals surface area contributed by atoms with E-state index in [2.05, 4.69) is 39.2 Å². The lowest BCUT2D eigenvalue weighted by molar-refractivity contribution is 0.303. The Morgan fingerprint density at radius 2 is 2.04 bits per heavy atom. The highest BCUT2D eigenvalue weighted by Crippen LogP contribution is 2.30. The van der Waals surface area contributed by atoms with Crippen LogP contribution >= 0.6 is 0 Å². The maximum absolute atomic E-state index is 12.6. The first-order valence-corrected chi connectivity index (χ1v) is 9.64. The molecule has 0 aliphatic heterocycles. The van der Waals surface area contributed by atoms with Crippen LogP contribution in [0.25, 0.3) is 22.2 Å². The highest BCUT2D eigenvalue weighted by atomic mass is 16.5. The molecule has 3 rings (SSSR count). The van der Waals surface area contributed by atoms with Gasteiger partial charge in [-0.1, -0.05) is 13.8 Å². The van der Waals surface area contributed by atoms with Crippen LogP contribution in [0.15, 0.2) is 29.2 Å². The van der Waals surface area contributed by atoms with Crippen LogP contribution in [0.1, 0.15) is 20.3 Å². The van der Waals surface area contributed by atoms with Crippen LogP contribution in [0.5, 0.6) is 5.75 Å². The second-order valence-corrected chi connectivity index (χ2v) is 6.70. The lowest BCUT2D eigenvalue weighted by Crippen LogP contribution is -2.26. The monoisotopic (exact) mass is 384 g/mol. The number of rotatable bonds is 9. The molecular formula is C20H28N6O2. The molecule has 0 aliphatic rings. The summed E-state index contributed by atoms with van der Waals surface area (Å²) in [6, 6.07) is 5.77. The van der Waals surface area contributed by atoms with Gasteiger partial charge in [-0.2, -0.15) is 0 Å². The Kier molecular flexibility index (Phi) is 6.30. The number of aryl methyl sites for hydroxylation is 1. The van der Waals surface area contributed by atoms with Gasteiger partial charge in [0.1, 0.15) is 5.75 Å². The number of fused-ring (bicyclic) bond motifs is 1. The summed E-state index contributed by atoms with van der Waals surface area (Å²) in [5.41, 5.74) is 1.76. The van der Waals surface area contributed by atoms with Gasteiger partial charge in [0.25, 0.3) is 5.56 Å². The van der Waals surface area contributed by atoms with E-state index in [1.807, 2.05) is 36.0 Å². The van der Waals surface area contributed by atoms with E-state index < -0.39 is 0 Å². The zero-order valence-electron chi connectivity index (χ0n) is 17.0. The number of H-pyrrole nitrogens is 1. The fraction of sp³-hybridized carbons (Fsp3) is 0.450. The average Bonchev–Trinajstić information content (AvgIpc) is 3.04. The summed E-state index contributed by atoms with van der Waals surface area (Å²) in [6.45, 7) is 8.12. The highest BCUT2D eigenvalue weighted by Gasteiger charge is 2.15. The van der Waals surface area contributed by atoms with Crippen molar-refractivity contribution >= 4 is 16.9 Å². The molecule has 0 aliphatic carbocycles. The van der Waals surface area contributed by atoms with E-state index in [9.17, 15) is 4.79 Å². The number of nitrogens with one attached hydrogen (secondary N) is 2. The first kappa shape index (κ1) is 19.9. The van der Waals surface area contributed by atoms with E-state index >= 15 is 0 Å². The maximum Gasteiger partial charge on any atom is 0.279 e. The summed E-state index contributed by atoms with van der Waals surface area (Å²) in [5, 5.41) is 12.4.